The number of amides is 6. The molecule has 0 saturated carbocycles. The summed E-state index contributed by atoms with van der Waals surface area (Å²) < 4.78 is 55.9. The molecule has 5 atom stereocenters. The molecule has 2 heterocycles. The number of unbranched alkanes of at least 4 members (excludes halogenated alkanes) is 3. The maximum atomic E-state index is 13.9. The maximum absolute atomic E-state index is 13.9. The van der Waals surface area contributed by atoms with Gasteiger partial charge in [0, 0.05) is 71.5 Å². The average Bonchev–Trinajstić information content (AvgIpc) is 0.831. The van der Waals surface area contributed by atoms with Crippen molar-refractivity contribution in [1.82, 2.24) is 41.9 Å². The highest BCUT2D eigenvalue weighted by atomic mass is 35.5. The van der Waals surface area contributed by atoms with Crippen LogP contribution in [0.3, 0.4) is 0 Å². The van der Waals surface area contributed by atoms with E-state index in [0.717, 1.165) is 22.8 Å². The summed E-state index contributed by atoms with van der Waals surface area (Å²) in [6, 6.07) is 29.9. The first-order valence-electron chi connectivity index (χ1n) is 36.3. The smallest absolute Gasteiger partial charge is 0.407 e. The molecule has 4 aromatic carbocycles. The van der Waals surface area contributed by atoms with Crippen LogP contribution in [-0.4, -0.2) is 206 Å². The van der Waals surface area contributed by atoms with Crippen molar-refractivity contribution in [2.24, 2.45) is 5.92 Å². The number of aldehydes is 1. The number of nitrogens with zero attached hydrogens (tertiary/aromatic N) is 2. The lowest BCUT2D eigenvalue weighted by molar-refractivity contribution is -0.138. The quantitative estimate of drug-likeness (QED) is 0.0125. The minimum atomic E-state index is -1.17. The lowest BCUT2D eigenvalue weighted by Gasteiger charge is -2.27. The Labute approximate surface area is 664 Å². The minimum Gasteiger partial charge on any atom is -0.491 e. The summed E-state index contributed by atoms with van der Waals surface area (Å²) >= 11 is 24.9. The van der Waals surface area contributed by atoms with Gasteiger partial charge in [-0.2, -0.15) is 0 Å². The molecule has 111 heavy (non-hydrogen) atoms. The molecule has 6 rings (SSSR count). The Morgan fingerprint density at radius 2 is 0.856 bits per heavy atom. The van der Waals surface area contributed by atoms with Gasteiger partial charge in [-0.25, -0.2) is 19.6 Å². The number of pyridine rings is 2. The van der Waals surface area contributed by atoms with Gasteiger partial charge in [-0.05, 0) is 146 Å². The van der Waals surface area contributed by atoms with Crippen LogP contribution in [0.25, 0.3) is 0 Å². The van der Waals surface area contributed by atoms with Crippen LogP contribution in [0.4, 0.5) is 21.2 Å². The number of aliphatic hydroxyl groups excluding tert-OH is 1. The molecule has 0 aliphatic carbocycles. The lowest BCUT2D eigenvalue weighted by Crippen LogP contribution is -2.51. The summed E-state index contributed by atoms with van der Waals surface area (Å²) in [5.41, 5.74) is 2.28. The fourth-order valence-electron chi connectivity index (χ4n) is 10.4. The van der Waals surface area contributed by atoms with Crippen molar-refractivity contribution in [3.8, 4) is 11.5 Å². The van der Waals surface area contributed by atoms with E-state index in [1.54, 1.807) is 60.9 Å². The van der Waals surface area contributed by atoms with E-state index in [0.29, 0.717) is 93.6 Å². The van der Waals surface area contributed by atoms with E-state index in [-0.39, 0.29) is 150 Å². The highest BCUT2D eigenvalue weighted by Gasteiger charge is 2.31. The molecule has 2 aromatic heterocycles. The normalized spacial score (nSPS) is 12.4. The summed E-state index contributed by atoms with van der Waals surface area (Å²) in [5.74, 6) is -1.70. The third kappa shape index (κ3) is 39.5. The Morgan fingerprint density at radius 1 is 0.450 bits per heavy atom. The summed E-state index contributed by atoms with van der Waals surface area (Å²) in [5, 5.41) is 43.5. The molecule has 0 aliphatic rings. The van der Waals surface area contributed by atoms with Gasteiger partial charge in [-0.3, -0.25) is 24.0 Å². The number of ether oxygens (including phenoxy) is 10. The number of halogens is 4. The minimum absolute atomic E-state index is 0.0335. The van der Waals surface area contributed by atoms with Crippen LogP contribution in [0.5, 0.6) is 11.5 Å². The first kappa shape index (κ1) is 90.7. The third-order valence-corrected chi connectivity index (χ3v) is 16.9. The number of alkyl carbamates (subject to hydrolysis) is 2. The number of carbonyl (C=O) groups excluding carboxylic acids is 7. The fourth-order valence-corrected chi connectivity index (χ4v) is 11.5. The van der Waals surface area contributed by atoms with E-state index in [4.69, 9.17) is 93.8 Å². The predicted octanol–water partition coefficient (Wildman–Crippen LogP) is 9.41. The molecular formula is C77H98Cl4N10O20. The molecule has 604 valence electrons. The van der Waals surface area contributed by atoms with Gasteiger partial charge in [-0.15, -0.1) is 0 Å². The van der Waals surface area contributed by atoms with Crippen molar-refractivity contribution < 1.29 is 95.9 Å². The van der Waals surface area contributed by atoms with E-state index in [9.17, 15) is 48.6 Å². The second kappa shape index (κ2) is 54.5. The second-order valence-electron chi connectivity index (χ2n) is 24.8. The number of aliphatic carboxylic acids is 1. The van der Waals surface area contributed by atoms with E-state index in [1.807, 2.05) is 36.4 Å². The molecule has 0 aliphatic heterocycles. The summed E-state index contributed by atoms with van der Waals surface area (Å²) in [4.78, 5) is 110. The number of aromatic nitrogens is 2. The van der Waals surface area contributed by atoms with Gasteiger partial charge in [0.1, 0.15) is 67.9 Å². The van der Waals surface area contributed by atoms with Crippen LogP contribution in [0.1, 0.15) is 92.1 Å². The zero-order chi connectivity index (χ0) is 79.5. The van der Waals surface area contributed by atoms with Crippen LogP contribution < -0.4 is 52.0 Å². The van der Waals surface area contributed by atoms with E-state index >= 15 is 0 Å². The van der Waals surface area contributed by atoms with E-state index in [1.165, 1.54) is 36.4 Å². The Bertz CT molecular complexity index is 3680. The van der Waals surface area contributed by atoms with E-state index < -0.39 is 73.1 Å². The number of anilines is 2. The van der Waals surface area contributed by atoms with Gasteiger partial charge in [0.15, 0.2) is 0 Å². The Morgan fingerprint density at radius 3 is 1.26 bits per heavy atom. The predicted molar refractivity (Wildman–Crippen MR) is 415 cm³/mol. The van der Waals surface area contributed by atoms with Crippen LogP contribution >= 0.6 is 46.4 Å². The molecule has 5 unspecified atom stereocenters. The van der Waals surface area contributed by atoms with Gasteiger partial charge in [0.05, 0.1) is 110 Å². The number of carboxylic acid groups (broad SMARTS) is 1. The Hall–Kier alpha value is -9.18. The van der Waals surface area contributed by atoms with Gasteiger partial charge in [0.25, 0.3) is 0 Å². The highest BCUT2D eigenvalue weighted by molar-refractivity contribution is 6.35. The third-order valence-electron chi connectivity index (χ3n) is 16.0. The van der Waals surface area contributed by atoms with Gasteiger partial charge in [-0.1, -0.05) is 82.8 Å². The highest BCUT2D eigenvalue weighted by Crippen LogP contribution is 2.29. The number of benzene rings is 4. The monoisotopic (exact) mass is 1620 g/mol. The molecule has 34 heteroatoms. The number of rotatable bonds is 58. The number of carbonyl (C=O) groups is 8. The van der Waals surface area contributed by atoms with E-state index in [2.05, 4.69) is 52.5 Å². The molecule has 30 nitrogen and oxygen atoms in total. The molecule has 0 radical (unpaired) electrons. The summed E-state index contributed by atoms with van der Waals surface area (Å²) in [6.45, 7) is 3.52. The number of aliphatic hydroxyl groups is 1. The van der Waals surface area contributed by atoms with Crippen molar-refractivity contribution >= 4 is 106 Å². The van der Waals surface area contributed by atoms with Crippen molar-refractivity contribution in [1.29, 1.82) is 0 Å². The maximum Gasteiger partial charge on any atom is 0.407 e. The number of nitrogens with one attached hydrogen (secondary N) is 8. The summed E-state index contributed by atoms with van der Waals surface area (Å²) in [7, 11) is 0. The van der Waals surface area contributed by atoms with Crippen LogP contribution in [0.15, 0.2) is 134 Å². The molecule has 0 bridgehead atoms. The van der Waals surface area contributed by atoms with Gasteiger partial charge in [0.2, 0.25) is 23.6 Å². The SMILES string of the molecule is O=CC(CO)C(NC(=O)C(COCc1ccc(OCCOCCOCCOC(=O)NCCCCNC(=O)OCCOCCOCCOc2ccc(COCC(NC(=O)CCCCNc3ccccn3)C(=O)NC(CC(=O)O)c3cc(Cl)cc(Cl)c3)cc2)cc1)NC(=O)CCCCNc1ccccn1)c1cc(Cl)cc(Cl)c1. The van der Waals surface area contributed by atoms with Crippen molar-refractivity contribution in [2.75, 3.05) is 136 Å². The first-order chi connectivity index (χ1) is 53.9. The van der Waals surface area contributed by atoms with Crippen LogP contribution in [-0.2, 0) is 79.9 Å². The van der Waals surface area contributed by atoms with Crippen LogP contribution in [0, 0.1) is 5.92 Å². The topological polar surface area (TPSA) is 391 Å². The Balaban J connectivity index is 0.730. The summed E-state index contributed by atoms with van der Waals surface area (Å²) in [6.07, 6.45) is 5.99. The molecule has 0 fully saturated rings. The largest absolute Gasteiger partial charge is 0.491 e. The zero-order valence-electron chi connectivity index (χ0n) is 61.5. The van der Waals surface area contributed by atoms with Crippen LogP contribution in [0.2, 0.25) is 20.1 Å². The van der Waals surface area contributed by atoms with Crippen molar-refractivity contribution in [2.45, 2.75) is 95.2 Å². The molecule has 10 N–H and O–H groups in total. The molecule has 0 saturated heterocycles. The molecular weight excluding hydrogens is 1530 g/mol. The van der Waals surface area contributed by atoms with Gasteiger partial charge >= 0.3 is 18.2 Å². The number of hydrogen-bond acceptors (Lipinski definition) is 23. The van der Waals surface area contributed by atoms with Gasteiger partial charge < -0.3 is 105 Å². The standard InChI is InChI=1S/C77H98Cl4N10O20/c78-59-41-56(42-60(79)45-59)65(47-72(96)97)90-74(98)66(88-70(94)13-3-7-25-84-68-11-1-5-23-82-68)52-106-50-54-15-19-63(20-16-54)108-37-33-102-29-31-104-35-39-110-76(100)86-27-9-10-28-87-77(101)111-40-36-105-32-30-103-34-38-109-64-21-17-55(18-22-64)51-107-53-67(89-71(95)14-4-8-26-85-69-12-2-6-24-83-69)75(99)91-73(58(48-92)49-93)57-43-61(80)46-62(81)44-57/h1-2,5-6,11-12,15-24,41-46,48,58,65-67,73,93H,3-4,7-10,13-14,25-40,47,49-53H2,(H,82,84)(H,83,85)(H,86,100)(H,87,101)(H,88,94)(H,89,95)(H,90,98)(H,91,99)(H,96,97). The number of carboxylic acids is 1. The molecule has 6 amide bonds. The zero-order valence-corrected chi connectivity index (χ0v) is 64.6. The first-order valence-corrected chi connectivity index (χ1v) is 37.8. The lowest BCUT2D eigenvalue weighted by atomic mass is 9.94. The average molecular weight is 1630 g/mol. The molecule has 6 aromatic rings. The van der Waals surface area contributed by atoms with Crippen molar-refractivity contribution in [3.63, 3.8) is 0 Å². The number of hydrogen-bond donors (Lipinski definition) is 10. The van der Waals surface area contributed by atoms with Crippen molar-refractivity contribution in [3.05, 3.63) is 176 Å². The molecule has 0 spiro atoms. The fraction of sp³-hybridized carbons (Fsp3) is 0.455. The second-order valence-corrected chi connectivity index (χ2v) is 26.5. The Kier molecular flexibility index (Phi) is 44.5.